The number of rotatable bonds is 2. The van der Waals surface area contributed by atoms with Gasteiger partial charge in [0.1, 0.15) is 11.5 Å². The molecule has 2 rings (SSSR count). The van der Waals surface area contributed by atoms with Crippen LogP contribution in [0.5, 0.6) is 11.5 Å². The highest BCUT2D eigenvalue weighted by Gasteiger charge is 2.07. The van der Waals surface area contributed by atoms with Gasteiger partial charge in [-0.1, -0.05) is 29.8 Å². The molecule has 0 saturated carbocycles. The third kappa shape index (κ3) is 2.48. The van der Waals surface area contributed by atoms with Crippen molar-refractivity contribution in [3.05, 3.63) is 58.1 Å². The number of phenolic OH excluding ortho intramolecular Hbond substituents is 2. The summed E-state index contributed by atoms with van der Waals surface area (Å²) in [5, 5.41) is 19.6. The first-order valence-corrected chi connectivity index (χ1v) is 6.05. The van der Waals surface area contributed by atoms with Crippen LogP contribution in [0, 0.1) is 20.8 Å². The minimum atomic E-state index is 0.323. The molecule has 0 bridgehead atoms. The summed E-state index contributed by atoms with van der Waals surface area (Å²) < 4.78 is 0. The largest absolute Gasteiger partial charge is 0.508 e. The van der Waals surface area contributed by atoms with E-state index in [4.69, 9.17) is 0 Å². The minimum Gasteiger partial charge on any atom is -0.508 e. The normalized spacial score (nSPS) is 10.6. The molecule has 2 aromatic carbocycles. The van der Waals surface area contributed by atoms with Gasteiger partial charge in [-0.05, 0) is 49.1 Å². The van der Waals surface area contributed by atoms with E-state index in [1.165, 1.54) is 0 Å². The third-order valence-corrected chi connectivity index (χ3v) is 3.18. The molecule has 2 heteroatoms. The maximum Gasteiger partial charge on any atom is 0.121 e. The quantitative estimate of drug-likeness (QED) is 0.844. The van der Waals surface area contributed by atoms with Crippen LogP contribution in [0.3, 0.4) is 0 Å². The number of hydrogen-bond donors (Lipinski definition) is 2. The van der Waals surface area contributed by atoms with Crippen molar-refractivity contribution >= 4 is 0 Å². The van der Waals surface area contributed by atoms with Crippen LogP contribution in [-0.2, 0) is 6.42 Å². The van der Waals surface area contributed by atoms with Crippen LogP contribution in [0.4, 0.5) is 0 Å². The van der Waals surface area contributed by atoms with Gasteiger partial charge in [-0.3, -0.25) is 0 Å². The second-order valence-corrected chi connectivity index (χ2v) is 4.89. The van der Waals surface area contributed by atoms with E-state index in [9.17, 15) is 10.2 Å². The molecule has 2 N–H and O–H groups in total. The van der Waals surface area contributed by atoms with Crippen molar-refractivity contribution in [3.63, 3.8) is 0 Å². The molecule has 0 aliphatic heterocycles. The summed E-state index contributed by atoms with van der Waals surface area (Å²) in [7, 11) is 0. The molecule has 94 valence electrons. The van der Waals surface area contributed by atoms with Crippen molar-refractivity contribution in [2.75, 3.05) is 0 Å². The third-order valence-electron chi connectivity index (χ3n) is 3.18. The fourth-order valence-corrected chi connectivity index (χ4v) is 2.22. The molecule has 0 aliphatic carbocycles. The molecule has 0 unspecified atom stereocenters. The summed E-state index contributed by atoms with van der Waals surface area (Å²) in [4.78, 5) is 0. The molecule has 0 amide bonds. The molecule has 0 saturated heterocycles. The van der Waals surface area contributed by atoms with E-state index < -0.39 is 0 Å². The van der Waals surface area contributed by atoms with Crippen LogP contribution in [-0.4, -0.2) is 10.2 Å². The molecule has 2 aromatic rings. The summed E-state index contributed by atoms with van der Waals surface area (Å²) in [5.41, 5.74) is 4.90. The van der Waals surface area contributed by atoms with Gasteiger partial charge in [0.15, 0.2) is 0 Å². The van der Waals surface area contributed by atoms with E-state index in [-0.39, 0.29) is 0 Å². The Hall–Kier alpha value is -1.96. The Morgan fingerprint density at radius 2 is 1.50 bits per heavy atom. The predicted molar refractivity (Wildman–Crippen MR) is 73.2 cm³/mol. The smallest absolute Gasteiger partial charge is 0.121 e. The summed E-state index contributed by atoms with van der Waals surface area (Å²) in [5.74, 6) is 0.677. The zero-order valence-corrected chi connectivity index (χ0v) is 11.0. The fraction of sp³-hybridized carbons (Fsp3) is 0.250. The van der Waals surface area contributed by atoms with Crippen LogP contribution in [0.25, 0.3) is 0 Å². The highest BCUT2D eigenvalue weighted by atomic mass is 16.3. The van der Waals surface area contributed by atoms with Crippen molar-refractivity contribution in [3.8, 4) is 11.5 Å². The van der Waals surface area contributed by atoms with Gasteiger partial charge in [0.25, 0.3) is 0 Å². The first-order valence-electron chi connectivity index (χ1n) is 6.05. The molecule has 0 aromatic heterocycles. The van der Waals surface area contributed by atoms with Gasteiger partial charge in [0.05, 0.1) is 0 Å². The SMILES string of the molecule is Cc1ccc(O)c(Cc2cc(C)c(O)c(C)c2)c1. The zero-order valence-electron chi connectivity index (χ0n) is 11.0. The van der Waals surface area contributed by atoms with Gasteiger partial charge in [-0.15, -0.1) is 0 Å². The summed E-state index contributed by atoms with van der Waals surface area (Å²) >= 11 is 0. The molecular formula is C16H18O2. The monoisotopic (exact) mass is 242 g/mol. The van der Waals surface area contributed by atoms with Gasteiger partial charge >= 0.3 is 0 Å². The fourth-order valence-electron chi connectivity index (χ4n) is 2.22. The number of aromatic hydroxyl groups is 2. The van der Waals surface area contributed by atoms with E-state index in [1.807, 2.05) is 45.0 Å². The first-order chi connectivity index (χ1) is 8.47. The van der Waals surface area contributed by atoms with Gasteiger partial charge in [0.2, 0.25) is 0 Å². The van der Waals surface area contributed by atoms with Gasteiger partial charge in [0, 0.05) is 6.42 Å². The van der Waals surface area contributed by atoms with Gasteiger partial charge in [-0.2, -0.15) is 0 Å². The van der Waals surface area contributed by atoms with Crippen molar-refractivity contribution in [2.24, 2.45) is 0 Å². The van der Waals surface area contributed by atoms with E-state index in [2.05, 4.69) is 0 Å². The Labute approximate surface area is 108 Å². The number of benzene rings is 2. The molecule has 0 atom stereocenters. The van der Waals surface area contributed by atoms with Gasteiger partial charge < -0.3 is 10.2 Å². The van der Waals surface area contributed by atoms with Crippen LogP contribution in [0.2, 0.25) is 0 Å². The average Bonchev–Trinajstić information content (AvgIpc) is 2.31. The second kappa shape index (κ2) is 4.73. The highest BCUT2D eigenvalue weighted by molar-refractivity contribution is 5.45. The Morgan fingerprint density at radius 3 is 2.11 bits per heavy atom. The molecule has 0 heterocycles. The van der Waals surface area contributed by atoms with Crippen LogP contribution in [0.1, 0.15) is 27.8 Å². The number of hydrogen-bond acceptors (Lipinski definition) is 2. The summed E-state index contributed by atoms with van der Waals surface area (Å²) in [6, 6.07) is 9.54. The van der Waals surface area contributed by atoms with E-state index in [0.717, 1.165) is 27.8 Å². The Morgan fingerprint density at radius 1 is 0.889 bits per heavy atom. The van der Waals surface area contributed by atoms with E-state index in [1.54, 1.807) is 6.07 Å². The van der Waals surface area contributed by atoms with E-state index >= 15 is 0 Å². The Bertz CT molecular complexity index is 563. The lowest BCUT2D eigenvalue weighted by atomic mass is 9.98. The van der Waals surface area contributed by atoms with Crippen molar-refractivity contribution in [2.45, 2.75) is 27.2 Å². The van der Waals surface area contributed by atoms with Crippen molar-refractivity contribution in [1.82, 2.24) is 0 Å². The Balaban J connectivity index is 2.37. The standard InChI is InChI=1S/C16H18O2/c1-10-4-5-15(17)14(6-10)9-13-7-11(2)16(18)12(3)8-13/h4-8,17-18H,9H2,1-3H3. The minimum absolute atomic E-state index is 0.323. The summed E-state index contributed by atoms with van der Waals surface area (Å²) in [6.45, 7) is 5.79. The highest BCUT2D eigenvalue weighted by Crippen LogP contribution is 2.27. The number of phenols is 2. The van der Waals surface area contributed by atoms with Crippen LogP contribution in [0.15, 0.2) is 30.3 Å². The molecule has 0 fully saturated rings. The lowest BCUT2D eigenvalue weighted by molar-refractivity contribution is 0.466. The molecular weight excluding hydrogens is 224 g/mol. The molecule has 0 aliphatic rings. The van der Waals surface area contributed by atoms with E-state index in [0.29, 0.717) is 17.9 Å². The molecule has 2 nitrogen and oxygen atoms in total. The van der Waals surface area contributed by atoms with Gasteiger partial charge in [-0.25, -0.2) is 0 Å². The molecule has 0 spiro atoms. The predicted octanol–water partition coefficient (Wildman–Crippen LogP) is 3.61. The lowest BCUT2D eigenvalue weighted by Crippen LogP contribution is -1.92. The molecule has 0 radical (unpaired) electrons. The average molecular weight is 242 g/mol. The van der Waals surface area contributed by atoms with Crippen LogP contribution < -0.4 is 0 Å². The lowest BCUT2D eigenvalue weighted by Gasteiger charge is -2.10. The van der Waals surface area contributed by atoms with Crippen LogP contribution >= 0.6 is 0 Å². The maximum absolute atomic E-state index is 9.84. The molecule has 18 heavy (non-hydrogen) atoms. The second-order valence-electron chi connectivity index (χ2n) is 4.89. The number of aryl methyl sites for hydroxylation is 3. The topological polar surface area (TPSA) is 40.5 Å². The first kappa shape index (κ1) is 12.5. The van der Waals surface area contributed by atoms with Crippen molar-refractivity contribution in [1.29, 1.82) is 0 Å². The maximum atomic E-state index is 9.84. The van der Waals surface area contributed by atoms with Crippen molar-refractivity contribution < 1.29 is 10.2 Å². The summed E-state index contributed by atoms with van der Waals surface area (Å²) in [6.07, 6.45) is 0.676. The Kier molecular flexibility index (Phi) is 3.28. The zero-order chi connectivity index (χ0) is 13.3.